The lowest BCUT2D eigenvalue weighted by atomic mass is 10.2. The Labute approximate surface area is 169 Å². The van der Waals surface area contributed by atoms with Gasteiger partial charge in [-0.05, 0) is 56.5 Å². The van der Waals surface area contributed by atoms with E-state index in [1.807, 2.05) is 44.4 Å². The minimum atomic E-state index is -0.316. The highest BCUT2D eigenvalue weighted by Gasteiger charge is 2.18. The van der Waals surface area contributed by atoms with Crippen molar-refractivity contribution >= 4 is 34.6 Å². The fraction of sp³-hybridized carbons (Fsp3) is 0.400. The van der Waals surface area contributed by atoms with Crippen LogP contribution in [0.4, 0.5) is 0 Å². The topological polar surface area (TPSA) is 49.2 Å². The van der Waals surface area contributed by atoms with Crippen LogP contribution in [-0.4, -0.2) is 33.1 Å². The lowest BCUT2D eigenvalue weighted by molar-refractivity contribution is -0.0677. The highest BCUT2D eigenvalue weighted by molar-refractivity contribution is 7.97. The molecule has 2 aromatic heterocycles. The number of pyridine rings is 1. The molecule has 1 atom stereocenters. The number of imidazole rings is 1. The summed E-state index contributed by atoms with van der Waals surface area (Å²) in [6.07, 6.45) is 5.56. The van der Waals surface area contributed by atoms with Gasteiger partial charge >= 0.3 is 0 Å². The number of ether oxygens (including phenoxy) is 2. The van der Waals surface area contributed by atoms with Crippen molar-refractivity contribution in [1.82, 2.24) is 13.9 Å². The summed E-state index contributed by atoms with van der Waals surface area (Å²) in [4.78, 5) is 9.33. The zero-order valence-corrected chi connectivity index (χ0v) is 17.6. The highest BCUT2D eigenvalue weighted by atomic mass is 35.5. The molecule has 0 radical (unpaired) electrons. The average Bonchev–Trinajstić information content (AvgIpc) is 3.01. The fourth-order valence-electron chi connectivity index (χ4n) is 2.84. The fourth-order valence-corrected chi connectivity index (χ4v) is 3.66. The number of hydrogen-bond donors (Lipinski definition) is 0. The Morgan fingerprint density at radius 1 is 1.30 bits per heavy atom. The van der Waals surface area contributed by atoms with E-state index in [-0.39, 0.29) is 6.29 Å². The molecule has 0 bridgehead atoms. The number of halogens is 1. The lowest BCUT2D eigenvalue weighted by Crippen LogP contribution is -2.17. The minimum Gasteiger partial charge on any atom is -0.465 e. The number of aromatic nitrogens is 3. The number of benzene rings is 1. The van der Waals surface area contributed by atoms with Crippen LogP contribution in [0.1, 0.15) is 32.3 Å². The van der Waals surface area contributed by atoms with Gasteiger partial charge in [0.1, 0.15) is 11.4 Å². The molecule has 1 aromatic carbocycles. The third kappa shape index (κ3) is 4.39. The van der Waals surface area contributed by atoms with Crippen LogP contribution in [0.2, 0.25) is 5.02 Å². The maximum atomic E-state index is 6.13. The van der Waals surface area contributed by atoms with Gasteiger partial charge in [-0.2, -0.15) is 0 Å². The summed E-state index contributed by atoms with van der Waals surface area (Å²) in [5.41, 5.74) is 3.57. The Balaban J connectivity index is 1.95. The molecule has 0 fully saturated rings. The molecule has 0 saturated carbocycles. The van der Waals surface area contributed by atoms with Crippen molar-refractivity contribution in [2.45, 2.75) is 39.9 Å². The average molecular weight is 406 g/mol. The van der Waals surface area contributed by atoms with Crippen LogP contribution in [0.15, 0.2) is 30.5 Å². The Morgan fingerprint density at radius 3 is 2.85 bits per heavy atom. The quantitative estimate of drug-likeness (QED) is 0.354. The highest BCUT2D eigenvalue weighted by Crippen LogP contribution is 2.33. The number of nitrogens with zero attached hydrogens (tertiary/aromatic N) is 3. The number of rotatable bonds is 8. The van der Waals surface area contributed by atoms with Crippen molar-refractivity contribution in [3.05, 3.63) is 41.0 Å². The first-order chi connectivity index (χ1) is 13.0. The number of hydrogen-bond acceptors (Lipinski definition) is 5. The summed E-state index contributed by atoms with van der Waals surface area (Å²) in [7, 11) is 0. The summed E-state index contributed by atoms with van der Waals surface area (Å²) >= 11 is 7.71. The molecule has 0 amide bonds. The van der Waals surface area contributed by atoms with Gasteiger partial charge in [0.05, 0.1) is 17.6 Å². The van der Waals surface area contributed by atoms with Gasteiger partial charge in [0.25, 0.3) is 0 Å². The van der Waals surface area contributed by atoms with E-state index in [4.69, 9.17) is 26.1 Å². The van der Waals surface area contributed by atoms with Crippen LogP contribution in [0.5, 0.6) is 5.75 Å². The summed E-state index contributed by atoms with van der Waals surface area (Å²) in [5, 5.41) is 0.666. The molecule has 0 spiro atoms. The molecular formula is C20H24ClN3O2S. The maximum absolute atomic E-state index is 6.13. The van der Waals surface area contributed by atoms with Crippen LogP contribution in [0.3, 0.4) is 0 Å². The third-order valence-electron chi connectivity index (χ3n) is 4.27. The molecule has 1 unspecified atom stereocenters. The van der Waals surface area contributed by atoms with Gasteiger partial charge in [-0.25, -0.2) is 4.98 Å². The monoisotopic (exact) mass is 405 g/mol. The number of fused-ring (bicyclic) bond motifs is 1. The normalized spacial score (nSPS) is 12.5. The molecule has 7 heteroatoms. The van der Waals surface area contributed by atoms with Crippen molar-refractivity contribution < 1.29 is 9.47 Å². The summed E-state index contributed by atoms with van der Waals surface area (Å²) in [6, 6.07) is 7.58. The van der Waals surface area contributed by atoms with Gasteiger partial charge in [0, 0.05) is 23.0 Å². The second-order valence-electron chi connectivity index (χ2n) is 6.24. The van der Waals surface area contributed by atoms with Crippen molar-refractivity contribution in [1.29, 1.82) is 0 Å². The first-order valence-electron chi connectivity index (χ1n) is 9.01. The van der Waals surface area contributed by atoms with E-state index < -0.39 is 0 Å². The molecule has 2 heterocycles. The summed E-state index contributed by atoms with van der Waals surface area (Å²) in [6.45, 7) is 6.73. The SMILES string of the molecule is CCCCOC(C)Oc1ccnc(-c2nc3cc(Cl)ccc3n2SC)c1C. The van der Waals surface area contributed by atoms with Crippen molar-refractivity contribution in [3.8, 4) is 17.3 Å². The van der Waals surface area contributed by atoms with Gasteiger partial charge in [-0.15, -0.1) is 0 Å². The molecule has 0 saturated heterocycles. The molecule has 3 aromatic rings. The van der Waals surface area contributed by atoms with Crippen LogP contribution < -0.4 is 4.74 Å². The lowest BCUT2D eigenvalue weighted by Gasteiger charge is -2.18. The number of unbranched alkanes of at least 4 members (excludes halogenated alkanes) is 1. The van der Waals surface area contributed by atoms with E-state index in [2.05, 4.69) is 15.9 Å². The van der Waals surface area contributed by atoms with Gasteiger partial charge in [-0.1, -0.05) is 24.9 Å². The third-order valence-corrected chi connectivity index (χ3v) is 5.24. The molecule has 144 valence electrons. The van der Waals surface area contributed by atoms with Gasteiger partial charge in [-0.3, -0.25) is 8.96 Å². The van der Waals surface area contributed by atoms with E-state index in [1.54, 1.807) is 18.1 Å². The Hall–Kier alpha value is -1.76. The predicted molar refractivity (Wildman–Crippen MR) is 113 cm³/mol. The predicted octanol–water partition coefficient (Wildman–Crippen LogP) is 5.73. The zero-order valence-electron chi connectivity index (χ0n) is 16.0. The van der Waals surface area contributed by atoms with E-state index in [9.17, 15) is 0 Å². The molecule has 0 aliphatic heterocycles. The first-order valence-corrected chi connectivity index (χ1v) is 10.6. The van der Waals surface area contributed by atoms with E-state index in [0.717, 1.165) is 46.7 Å². The Kier molecular flexibility index (Phi) is 6.63. The molecular weight excluding hydrogens is 382 g/mol. The van der Waals surface area contributed by atoms with Crippen molar-refractivity contribution in [3.63, 3.8) is 0 Å². The second-order valence-corrected chi connectivity index (χ2v) is 7.40. The van der Waals surface area contributed by atoms with Crippen LogP contribution in [-0.2, 0) is 4.74 Å². The second kappa shape index (κ2) is 8.95. The standard InChI is InChI=1S/C20H24ClN3O2S/c1-5-6-11-25-14(3)26-18-9-10-22-19(13(18)2)20-23-16-12-15(21)7-8-17(16)24(20)27-4/h7-10,12,14H,5-6,11H2,1-4H3. The van der Waals surface area contributed by atoms with Crippen molar-refractivity contribution in [2.75, 3.05) is 12.9 Å². The molecule has 0 aliphatic carbocycles. The maximum Gasteiger partial charge on any atom is 0.196 e. The van der Waals surface area contributed by atoms with Crippen LogP contribution >= 0.6 is 23.5 Å². The molecule has 0 aliphatic rings. The molecule has 3 rings (SSSR count). The first kappa shape index (κ1) is 20.0. The smallest absolute Gasteiger partial charge is 0.196 e. The molecule has 0 N–H and O–H groups in total. The van der Waals surface area contributed by atoms with Crippen molar-refractivity contribution in [2.24, 2.45) is 0 Å². The summed E-state index contributed by atoms with van der Waals surface area (Å²) in [5.74, 6) is 1.53. The molecule has 27 heavy (non-hydrogen) atoms. The van der Waals surface area contributed by atoms with Gasteiger partial charge in [0.15, 0.2) is 12.1 Å². The van der Waals surface area contributed by atoms with Gasteiger partial charge < -0.3 is 9.47 Å². The Morgan fingerprint density at radius 2 is 2.11 bits per heavy atom. The zero-order chi connectivity index (χ0) is 19.4. The van der Waals surface area contributed by atoms with E-state index >= 15 is 0 Å². The van der Waals surface area contributed by atoms with E-state index in [1.165, 1.54) is 0 Å². The largest absolute Gasteiger partial charge is 0.465 e. The molecule has 5 nitrogen and oxygen atoms in total. The minimum absolute atomic E-state index is 0.316. The Bertz CT molecular complexity index is 929. The van der Waals surface area contributed by atoms with E-state index in [0.29, 0.717) is 11.6 Å². The van der Waals surface area contributed by atoms with Crippen LogP contribution in [0, 0.1) is 6.92 Å². The summed E-state index contributed by atoms with van der Waals surface area (Å²) < 4.78 is 13.8. The van der Waals surface area contributed by atoms with Gasteiger partial charge in [0.2, 0.25) is 0 Å². The van der Waals surface area contributed by atoms with Crippen LogP contribution in [0.25, 0.3) is 22.6 Å².